The van der Waals surface area contributed by atoms with E-state index >= 15 is 0 Å². The Morgan fingerprint density at radius 3 is 3.06 bits per heavy atom. The van der Waals surface area contributed by atoms with Gasteiger partial charge in [-0.2, -0.15) is 0 Å². The molecule has 88 valence electrons. The third kappa shape index (κ3) is 1.80. The second-order valence-electron chi connectivity index (χ2n) is 4.60. The number of aromatic amines is 1. The summed E-state index contributed by atoms with van der Waals surface area (Å²) in [5.41, 5.74) is 8.05. The molecule has 0 radical (unpaired) electrons. The number of likely N-dealkylation sites (tertiary alicyclic amines) is 1. The number of aromatic nitrogens is 1. The summed E-state index contributed by atoms with van der Waals surface area (Å²) in [6.07, 6.45) is 2.40. The minimum Gasteiger partial charge on any atom is -0.361 e. The monoisotopic (exact) mass is 229 g/mol. The summed E-state index contributed by atoms with van der Waals surface area (Å²) >= 11 is 0. The minimum atomic E-state index is -0.00894. The first kappa shape index (κ1) is 10.4. The standard InChI is InChI=1S/C13H15N3O/c14-11-6-12(17)16(8-11)7-10-3-1-2-9-4-5-15-13(9)10/h1-5,11,15H,6-8,14H2. The molecule has 1 fully saturated rings. The highest BCUT2D eigenvalue weighted by molar-refractivity contribution is 5.84. The van der Waals surface area contributed by atoms with E-state index < -0.39 is 0 Å². The first-order chi connectivity index (χ1) is 8.24. The summed E-state index contributed by atoms with van der Waals surface area (Å²) < 4.78 is 0. The van der Waals surface area contributed by atoms with Gasteiger partial charge in [0, 0.05) is 31.7 Å². The highest BCUT2D eigenvalue weighted by Gasteiger charge is 2.27. The number of hydrogen-bond acceptors (Lipinski definition) is 2. The molecule has 17 heavy (non-hydrogen) atoms. The smallest absolute Gasteiger partial charge is 0.224 e. The number of amides is 1. The van der Waals surface area contributed by atoms with Gasteiger partial charge in [0.15, 0.2) is 0 Å². The van der Waals surface area contributed by atoms with Crippen molar-refractivity contribution in [2.75, 3.05) is 6.54 Å². The Labute approximate surface area is 99.4 Å². The van der Waals surface area contributed by atoms with Crippen LogP contribution in [0.2, 0.25) is 0 Å². The average Bonchev–Trinajstić information content (AvgIpc) is 2.87. The van der Waals surface area contributed by atoms with Gasteiger partial charge in [0.05, 0.1) is 5.52 Å². The van der Waals surface area contributed by atoms with Crippen LogP contribution in [0.25, 0.3) is 10.9 Å². The molecule has 1 aromatic heterocycles. The van der Waals surface area contributed by atoms with E-state index in [9.17, 15) is 4.79 Å². The largest absolute Gasteiger partial charge is 0.361 e. The van der Waals surface area contributed by atoms with Crippen LogP contribution in [0, 0.1) is 0 Å². The lowest BCUT2D eigenvalue weighted by Crippen LogP contribution is -2.27. The van der Waals surface area contributed by atoms with Crippen LogP contribution >= 0.6 is 0 Å². The Morgan fingerprint density at radius 1 is 1.41 bits per heavy atom. The van der Waals surface area contributed by atoms with Crippen molar-refractivity contribution in [1.82, 2.24) is 9.88 Å². The van der Waals surface area contributed by atoms with E-state index in [1.165, 1.54) is 5.39 Å². The lowest BCUT2D eigenvalue weighted by Gasteiger charge is -2.16. The fourth-order valence-corrected chi connectivity index (χ4v) is 2.44. The molecule has 1 aromatic carbocycles. The number of nitrogens with two attached hydrogens (primary N) is 1. The molecule has 1 amide bonds. The number of hydrogen-bond donors (Lipinski definition) is 2. The number of rotatable bonds is 2. The Balaban J connectivity index is 1.90. The van der Waals surface area contributed by atoms with Gasteiger partial charge in [-0.05, 0) is 17.0 Å². The van der Waals surface area contributed by atoms with Crippen molar-refractivity contribution >= 4 is 16.8 Å². The van der Waals surface area contributed by atoms with E-state index in [-0.39, 0.29) is 11.9 Å². The van der Waals surface area contributed by atoms with Gasteiger partial charge < -0.3 is 15.6 Å². The lowest BCUT2D eigenvalue weighted by molar-refractivity contribution is -0.128. The number of carbonyl (C=O) groups is 1. The first-order valence-corrected chi connectivity index (χ1v) is 5.82. The quantitative estimate of drug-likeness (QED) is 0.813. The molecule has 1 atom stereocenters. The number of benzene rings is 1. The number of H-pyrrole nitrogens is 1. The predicted octanol–water partition coefficient (Wildman–Crippen LogP) is 1.23. The average molecular weight is 229 g/mol. The fourth-order valence-electron chi connectivity index (χ4n) is 2.44. The Bertz CT molecular complexity index is 561. The van der Waals surface area contributed by atoms with E-state index in [0.29, 0.717) is 19.5 Å². The van der Waals surface area contributed by atoms with Crippen LogP contribution in [0.4, 0.5) is 0 Å². The van der Waals surface area contributed by atoms with Crippen LogP contribution < -0.4 is 5.73 Å². The van der Waals surface area contributed by atoms with Crippen molar-refractivity contribution in [3.63, 3.8) is 0 Å². The summed E-state index contributed by atoms with van der Waals surface area (Å²) in [5.74, 6) is 0.154. The lowest BCUT2D eigenvalue weighted by atomic mass is 10.1. The number of fused-ring (bicyclic) bond motifs is 1. The molecule has 1 unspecified atom stereocenters. The second-order valence-corrected chi connectivity index (χ2v) is 4.60. The number of nitrogens with zero attached hydrogens (tertiary/aromatic N) is 1. The maximum atomic E-state index is 11.7. The fraction of sp³-hybridized carbons (Fsp3) is 0.308. The minimum absolute atomic E-state index is 0.00894. The molecule has 0 saturated carbocycles. The van der Waals surface area contributed by atoms with E-state index in [2.05, 4.69) is 17.1 Å². The third-order valence-corrected chi connectivity index (χ3v) is 3.28. The number of para-hydroxylation sites is 1. The molecule has 0 bridgehead atoms. The third-order valence-electron chi connectivity index (χ3n) is 3.28. The van der Waals surface area contributed by atoms with Crippen molar-refractivity contribution in [2.45, 2.75) is 19.0 Å². The molecule has 2 aromatic rings. The van der Waals surface area contributed by atoms with Gasteiger partial charge in [0.1, 0.15) is 0 Å². The molecule has 4 nitrogen and oxygen atoms in total. The van der Waals surface area contributed by atoms with E-state index in [0.717, 1.165) is 11.1 Å². The molecular formula is C13H15N3O. The SMILES string of the molecule is NC1CC(=O)N(Cc2cccc3cc[nH]c23)C1. The summed E-state index contributed by atoms with van der Waals surface area (Å²) in [6, 6.07) is 8.16. The highest BCUT2D eigenvalue weighted by Crippen LogP contribution is 2.20. The van der Waals surface area contributed by atoms with Crippen LogP contribution in [0.5, 0.6) is 0 Å². The van der Waals surface area contributed by atoms with Gasteiger partial charge in [0.2, 0.25) is 5.91 Å². The molecule has 1 aliphatic rings. The summed E-state index contributed by atoms with van der Waals surface area (Å²) in [5, 5.41) is 1.18. The molecular weight excluding hydrogens is 214 g/mol. The molecule has 1 aliphatic heterocycles. The van der Waals surface area contributed by atoms with E-state index in [4.69, 9.17) is 5.73 Å². The number of nitrogens with one attached hydrogen (secondary N) is 1. The Morgan fingerprint density at radius 2 is 2.29 bits per heavy atom. The molecule has 3 rings (SSSR count). The van der Waals surface area contributed by atoms with E-state index in [1.807, 2.05) is 23.2 Å². The van der Waals surface area contributed by atoms with Crippen molar-refractivity contribution in [1.29, 1.82) is 0 Å². The zero-order valence-electron chi connectivity index (χ0n) is 9.52. The summed E-state index contributed by atoms with van der Waals surface area (Å²) in [4.78, 5) is 16.8. The normalized spacial score (nSPS) is 20.4. The second kappa shape index (κ2) is 3.89. The van der Waals surface area contributed by atoms with Crippen LogP contribution in [0.3, 0.4) is 0 Å². The highest BCUT2D eigenvalue weighted by atomic mass is 16.2. The topological polar surface area (TPSA) is 62.1 Å². The Hall–Kier alpha value is -1.81. The van der Waals surface area contributed by atoms with E-state index in [1.54, 1.807) is 0 Å². The van der Waals surface area contributed by atoms with Crippen LogP contribution in [-0.4, -0.2) is 28.4 Å². The predicted molar refractivity (Wildman–Crippen MR) is 66.3 cm³/mol. The van der Waals surface area contributed by atoms with Gasteiger partial charge in [-0.15, -0.1) is 0 Å². The van der Waals surface area contributed by atoms with Crippen LogP contribution in [-0.2, 0) is 11.3 Å². The molecule has 0 aliphatic carbocycles. The van der Waals surface area contributed by atoms with Gasteiger partial charge in [-0.3, -0.25) is 4.79 Å². The molecule has 0 spiro atoms. The van der Waals surface area contributed by atoms with Crippen molar-refractivity contribution in [2.24, 2.45) is 5.73 Å². The maximum Gasteiger partial charge on any atom is 0.224 e. The zero-order valence-corrected chi connectivity index (χ0v) is 9.52. The maximum absolute atomic E-state index is 11.7. The van der Waals surface area contributed by atoms with Gasteiger partial charge in [0.25, 0.3) is 0 Å². The first-order valence-electron chi connectivity index (χ1n) is 5.82. The molecule has 2 heterocycles. The number of carbonyl (C=O) groups excluding carboxylic acids is 1. The Kier molecular flexibility index (Phi) is 2.37. The summed E-state index contributed by atoms with van der Waals surface area (Å²) in [6.45, 7) is 1.31. The molecule has 1 saturated heterocycles. The van der Waals surface area contributed by atoms with Gasteiger partial charge in [-0.25, -0.2) is 0 Å². The van der Waals surface area contributed by atoms with Crippen molar-refractivity contribution in [3.05, 3.63) is 36.0 Å². The zero-order chi connectivity index (χ0) is 11.8. The van der Waals surface area contributed by atoms with Crippen LogP contribution in [0.1, 0.15) is 12.0 Å². The van der Waals surface area contributed by atoms with Crippen molar-refractivity contribution < 1.29 is 4.79 Å². The molecule has 3 N–H and O–H groups in total. The van der Waals surface area contributed by atoms with Gasteiger partial charge in [-0.1, -0.05) is 18.2 Å². The van der Waals surface area contributed by atoms with Crippen LogP contribution in [0.15, 0.2) is 30.5 Å². The molecule has 4 heteroatoms. The van der Waals surface area contributed by atoms with Gasteiger partial charge >= 0.3 is 0 Å². The van der Waals surface area contributed by atoms with Crippen molar-refractivity contribution in [3.8, 4) is 0 Å². The summed E-state index contributed by atoms with van der Waals surface area (Å²) in [7, 11) is 0.